The number of urea groups is 1. The molecule has 1 heterocycles. The number of benzene rings is 1. The largest absolute Gasteiger partial charge is 0.460 e. The van der Waals surface area contributed by atoms with E-state index in [1.165, 1.54) is 24.1 Å². The van der Waals surface area contributed by atoms with Crippen molar-refractivity contribution >= 4 is 12.0 Å². The van der Waals surface area contributed by atoms with E-state index in [0.29, 0.717) is 5.70 Å². The Morgan fingerprint density at radius 3 is 2.61 bits per heavy atom. The van der Waals surface area contributed by atoms with Crippen LogP contribution in [0.1, 0.15) is 36.9 Å². The van der Waals surface area contributed by atoms with E-state index in [1.807, 2.05) is 0 Å². The Hall–Kier alpha value is -2.55. The van der Waals surface area contributed by atoms with Crippen LogP contribution in [0, 0.1) is 0 Å². The van der Waals surface area contributed by atoms with Crippen LogP contribution in [0.3, 0.4) is 0 Å². The number of amides is 2. The van der Waals surface area contributed by atoms with E-state index in [4.69, 9.17) is 9.47 Å². The lowest BCUT2D eigenvalue weighted by atomic mass is 9.93. The van der Waals surface area contributed by atoms with Gasteiger partial charge in [0, 0.05) is 18.8 Å². The molecule has 0 aromatic heterocycles. The zero-order chi connectivity index (χ0) is 20.5. The number of rotatable bonds is 6. The van der Waals surface area contributed by atoms with E-state index in [-0.39, 0.29) is 30.4 Å². The first-order valence-electron chi connectivity index (χ1n) is 8.87. The van der Waals surface area contributed by atoms with Crippen molar-refractivity contribution in [3.63, 3.8) is 0 Å². The maximum Gasteiger partial charge on any atom is 0.416 e. The Labute approximate surface area is 160 Å². The Bertz CT molecular complexity index is 803. The molecule has 0 spiro atoms. The summed E-state index contributed by atoms with van der Waals surface area (Å²) >= 11 is 0. The molecule has 1 aliphatic carbocycles. The number of alkyl halides is 3. The van der Waals surface area contributed by atoms with Crippen LogP contribution in [0.5, 0.6) is 0 Å². The Morgan fingerprint density at radius 1 is 1.29 bits per heavy atom. The summed E-state index contributed by atoms with van der Waals surface area (Å²) < 4.78 is 49.4. The molecule has 2 aliphatic rings. The minimum Gasteiger partial charge on any atom is -0.460 e. The van der Waals surface area contributed by atoms with Crippen LogP contribution in [0.25, 0.3) is 0 Å². The van der Waals surface area contributed by atoms with Gasteiger partial charge in [-0.05, 0) is 37.5 Å². The second kappa shape index (κ2) is 7.83. The van der Waals surface area contributed by atoms with Gasteiger partial charge >= 0.3 is 18.2 Å². The molecule has 152 valence electrons. The quantitative estimate of drug-likeness (QED) is 0.589. The van der Waals surface area contributed by atoms with Gasteiger partial charge in [-0.3, -0.25) is 4.90 Å². The summed E-state index contributed by atoms with van der Waals surface area (Å²) in [5.74, 6) is -0.692. The molecule has 1 atom stereocenters. The topological polar surface area (TPSA) is 67.9 Å². The molecule has 9 heteroatoms. The van der Waals surface area contributed by atoms with Crippen molar-refractivity contribution in [1.82, 2.24) is 10.2 Å². The van der Waals surface area contributed by atoms with Crippen LogP contribution in [0.2, 0.25) is 0 Å². The summed E-state index contributed by atoms with van der Waals surface area (Å²) in [6, 6.07) is 3.11. The number of carbonyl (C=O) groups excluding carboxylic acids is 2. The zero-order valence-corrected chi connectivity index (χ0v) is 15.5. The minimum atomic E-state index is -4.54. The van der Waals surface area contributed by atoms with Crippen molar-refractivity contribution in [1.29, 1.82) is 0 Å². The van der Waals surface area contributed by atoms with E-state index >= 15 is 0 Å². The van der Waals surface area contributed by atoms with Crippen LogP contribution in [0.15, 0.2) is 35.5 Å². The van der Waals surface area contributed by atoms with Gasteiger partial charge in [0.2, 0.25) is 0 Å². The number of nitrogens with one attached hydrogen (secondary N) is 1. The fourth-order valence-corrected chi connectivity index (χ4v) is 3.23. The predicted molar refractivity (Wildman–Crippen MR) is 93.1 cm³/mol. The Morgan fingerprint density at radius 2 is 2.00 bits per heavy atom. The number of nitrogens with zero attached hydrogens (tertiary/aromatic N) is 1. The maximum atomic E-state index is 13.1. The lowest BCUT2D eigenvalue weighted by Crippen LogP contribution is -2.49. The van der Waals surface area contributed by atoms with Gasteiger partial charge in [-0.15, -0.1) is 0 Å². The highest BCUT2D eigenvalue weighted by molar-refractivity contribution is 5.95. The van der Waals surface area contributed by atoms with Gasteiger partial charge in [-0.1, -0.05) is 12.1 Å². The third-order valence-corrected chi connectivity index (χ3v) is 4.73. The van der Waals surface area contributed by atoms with Gasteiger partial charge in [0.05, 0.1) is 23.8 Å². The number of hydrogen-bond donors (Lipinski definition) is 1. The summed E-state index contributed by atoms with van der Waals surface area (Å²) in [5.41, 5.74) is -0.164. The summed E-state index contributed by atoms with van der Waals surface area (Å²) in [6.07, 6.45) is -2.91. The lowest BCUT2D eigenvalue weighted by Gasteiger charge is -2.35. The smallest absolute Gasteiger partial charge is 0.416 e. The van der Waals surface area contributed by atoms with E-state index in [2.05, 4.69) is 5.32 Å². The molecule has 1 aliphatic heterocycles. The number of hydrogen-bond acceptors (Lipinski definition) is 4. The summed E-state index contributed by atoms with van der Waals surface area (Å²) in [5, 5.41) is 2.66. The molecule has 0 radical (unpaired) electrons. The number of carbonyl (C=O) groups is 2. The van der Waals surface area contributed by atoms with Crippen molar-refractivity contribution in [2.75, 3.05) is 20.3 Å². The average Bonchev–Trinajstić information content (AvgIpc) is 3.45. The summed E-state index contributed by atoms with van der Waals surface area (Å²) in [7, 11) is 1.46. The average molecular weight is 398 g/mol. The van der Waals surface area contributed by atoms with Gasteiger partial charge in [0.15, 0.2) is 0 Å². The normalized spacial score (nSPS) is 20.2. The minimum absolute atomic E-state index is 0.00119. The molecule has 1 aromatic rings. The third-order valence-electron chi connectivity index (χ3n) is 4.73. The first-order valence-corrected chi connectivity index (χ1v) is 8.87. The molecule has 0 saturated heterocycles. The second-order valence-electron chi connectivity index (χ2n) is 6.73. The highest BCUT2D eigenvalue weighted by Crippen LogP contribution is 2.39. The fourth-order valence-electron chi connectivity index (χ4n) is 3.23. The molecule has 6 nitrogen and oxygen atoms in total. The molecule has 1 N–H and O–H groups in total. The van der Waals surface area contributed by atoms with Crippen molar-refractivity contribution in [3.8, 4) is 0 Å². The van der Waals surface area contributed by atoms with Gasteiger partial charge in [0.25, 0.3) is 0 Å². The molecule has 0 unspecified atom stereocenters. The Balaban J connectivity index is 2.00. The number of esters is 1. The molecule has 0 bridgehead atoms. The highest BCUT2D eigenvalue weighted by Gasteiger charge is 2.43. The van der Waals surface area contributed by atoms with E-state index in [1.54, 1.807) is 6.92 Å². The van der Waals surface area contributed by atoms with Crippen LogP contribution in [0.4, 0.5) is 18.0 Å². The number of allylic oxidation sites excluding steroid dienone is 1. The van der Waals surface area contributed by atoms with Crippen molar-refractivity contribution in [2.45, 2.75) is 38.0 Å². The number of halogens is 3. The summed E-state index contributed by atoms with van der Waals surface area (Å²) in [4.78, 5) is 26.8. The van der Waals surface area contributed by atoms with Gasteiger partial charge in [-0.2, -0.15) is 13.2 Å². The molecule has 1 aromatic carbocycles. The summed E-state index contributed by atoms with van der Waals surface area (Å²) in [6.45, 7) is 1.80. The van der Waals surface area contributed by atoms with Crippen LogP contribution < -0.4 is 5.32 Å². The molecule has 3 rings (SSSR count). The lowest BCUT2D eigenvalue weighted by molar-refractivity contribution is -0.141. The zero-order valence-electron chi connectivity index (χ0n) is 15.5. The van der Waals surface area contributed by atoms with Crippen LogP contribution >= 0.6 is 0 Å². The van der Waals surface area contributed by atoms with Crippen molar-refractivity contribution < 1.29 is 32.2 Å². The Kier molecular flexibility index (Phi) is 5.64. The number of ether oxygens (including phenoxy) is 2. The second-order valence-corrected chi connectivity index (χ2v) is 6.73. The van der Waals surface area contributed by atoms with Crippen molar-refractivity contribution in [3.05, 3.63) is 46.7 Å². The predicted octanol–water partition coefficient (Wildman–Crippen LogP) is 3.40. The molecular weight excluding hydrogens is 377 g/mol. The SMILES string of the molecule is COCCOC(=O)C1=C(C)N(C2CC2)C(=O)N[C@@H]1c1cccc(C(F)(F)F)c1. The van der Waals surface area contributed by atoms with Gasteiger partial charge in [-0.25, -0.2) is 9.59 Å². The van der Waals surface area contributed by atoms with Gasteiger partial charge < -0.3 is 14.8 Å². The highest BCUT2D eigenvalue weighted by atomic mass is 19.4. The van der Waals surface area contributed by atoms with E-state index < -0.39 is 29.8 Å². The van der Waals surface area contributed by atoms with Crippen molar-refractivity contribution in [2.24, 2.45) is 0 Å². The third kappa shape index (κ3) is 4.14. The van der Waals surface area contributed by atoms with Crippen LogP contribution in [-0.2, 0) is 20.4 Å². The monoisotopic (exact) mass is 398 g/mol. The standard InChI is InChI=1S/C19H21F3N2O4/c1-11-15(17(25)28-9-8-27-2)16(23-18(26)24(11)14-6-7-14)12-4-3-5-13(10-12)19(20,21)22/h3-5,10,14,16H,6-9H2,1-2H3,(H,23,26)/t16-/m1/s1. The van der Waals surface area contributed by atoms with E-state index in [9.17, 15) is 22.8 Å². The molecule has 2 amide bonds. The maximum absolute atomic E-state index is 13.1. The van der Waals surface area contributed by atoms with Crippen LogP contribution in [-0.4, -0.2) is 43.3 Å². The molecular formula is C19H21F3N2O4. The van der Waals surface area contributed by atoms with Gasteiger partial charge in [0.1, 0.15) is 6.61 Å². The number of methoxy groups -OCH3 is 1. The first-order chi connectivity index (χ1) is 13.2. The molecule has 1 fully saturated rings. The molecule has 1 saturated carbocycles. The first kappa shape index (κ1) is 20.2. The fraction of sp³-hybridized carbons (Fsp3) is 0.474. The molecule has 28 heavy (non-hydrogen) atoms. The van der Waals surface area contributed by atoms with E-state index in [0.717, 1.165) is 25.0 Å².